The van der Waals surface area contributed by atoms with E-state index in [-0.39, 0.29) is 5.97 Å². The van der Waals surface area contributed by atoms with Gasteiger partial charge in [0.25, 0.3) is 0 Å². The quantitative estimate of drug-likeness (QED) is 0.621. The molecule has 2 aliphatic carbocycles. The Bertz CT molecular complexity index is 1010. The molecule has 0 amide bonds. The maximum atomic E-state index is 13.4. The van der Waals surface area contributed by atoms with Crippen LogP contribution in [0.5, 0.6) is 0 Å². The summed E-state index contributed by atoms with van der Waals surface area (Å²) < 4.78 is 7.56. The molecule has 2 fully saturated rings. The predicted octanol–water partition coefficient (Wildman–Crippen LogP) is 3.56. The zero-order valence-electron chi connectivity index (χ0n) is 16.4. The first-order valence-corrected chi connectivity index (χ1v) is 10.1. The highest BCUT2D eigenvalue weighted by Crippen LogP contribution is 2.65. The predicted molar refractivity (Wildman–Crippen MR) is 105 cm³/mol. The van der Waals surface area contributed by atoms with E-state index in [0.717, 1.165) is 24.1 Å². The minimum atomic E-state index is -0.617. The molecular weight excluding hydrogens is 366 g/mol. The number of para-hydroxylation sites is 1. The van der Waals surface area contributed by atoms with Crippen molar-refractivity contribution in [3.63, 3.8) is 0 Å². The number of hydrogen-bond donors (Lipinski definition) is 0. The van der Waals surface area contributed by atoms with Gasteiger partial charge in [-0.1, -0.05) is 30.7 Å². The van der Waals surface area contributed by atoms with Gasteiger partial charge in [0, 0.05) is 12.4 Å². The Morgan fingerprint density at radius 3 is 2.59 bits per heavy atom. The van der Waals surface area contributed by atoms with Crippen LogP contribution in [0, 0.1) is 5.41 Å². The van der Waals surface area contributed by atoms with E-state index in [2.05, 4.69) is 20.5 Å². The molecule has 29 heavy (non-hydrogen) atoms. The van der Waals surface area contributed by atoms with Gasteiger partial charge in [-0.25, -0.2) is 0 Å². The molecule has 1 spiro atoms. The Balaban J connectivity index is 1.40. The zero-order chi connectivity index (χ0) is 19.9. The normalized spacial score (nSPS) is 19.8. The van der Waals surface area contributed by atoms with Gasteiger partial charge in [0.2, 0.25) is 0 Å². The van der Waals surface area contributed by atoms with E-state index in [1.807, 2.05) is 49.4 Å². The highest BCUT2D eigenvalue weighted by atomic mass is 16.5. The average Bonchev–Trinajstić information content (AvgIpc) is 3.18. The van der Waals surface area contributed by atoms with Gasteiger partial charge >= 0.3 is 5.97 Å². The SMILES string of the molecule is CC(OC(=O)C1(c2cccnc2)CC2(CCC2)C1)c1nnnn1-c1ccccc1. The third-order valence-corrected chi connectivity index (χ3v) is 6.51. The van der Waals surface area contributed by atoms with E-state index >= 15 is 0 Å². The molecule has 7 heteroatoms. The van der Waals surface area contributed by atoms with Crippen LogP contribution in [-0.4, -0.2) is 31.2 Å². The highest BCUT2D eigenvalue weighted by Gasteiger charge is 2.62. The Kier molecular flexibility index (Phi) is 4.19. The Morgan fingerprint density at radius 1 is 1.14 bits per heavy atom. The summed E-state index contributed by atoms with van der Waals surface area (Å²) in [6, 6.07) is 13.5. The summed E-state index contributed by atoms with van der Waals surface area (Å²) in [6.07, 6.45) is 8.28. The fourth-order valence-electron chi connectivity index (χ4n) is 4.90. The summed E-state index contributed by atoms with van der Waals surface area (Å²) in [5.41, 5.74) is 1.46. The van der Waals surface area contributed by atoms with Gasteiger partial charge in [0.15, 0.2) is 11.9 Å². The number of tetrazole rings is 1. The summed E-state index contributed by atoms with van der Waals surface area (Å²) in [4.78, 5) is 17.6. The van der Waals surface area contributed by atoms with Crippen molar-refractivity contribution in [3.05, 3.63) is 66.2 Å². The van der Waals surface area contributed by atoms with Crippen LogP contribution >= 0.6 is 0 Å². The second-order valence-electron chi connectivity index (χ2n) is 8.36. The monoisotopic (exact) mass is 389 g/mol. The summed E-state index contributed by atoms with van der Waals surface area (Å²) >= 11 is 0. The molecule has 3 aromatic rings. The van der Waals surface area contributed by atoms with Crippen LogP contribution in [0.4, 0.5) is 0 Å². The van der Waals surface area contributed by atoms with E-state index in [0.29, 0.717) is 11.2 Å². The molecular formula is C22H23N5O2. The van der Waals surface area contributed by atoms with Gasteiger partial charge in [-0.2, -0.15) is 4.68 Å². The van der Waals surface area contributed by atoms with E-state index in [1.165, 1.54) is 19.3 Å². The van der Waals surface area contributed by atoms with Crippen molar-refractivity contribution >= 4 is 5.97 Å². The van der Waals surface area contributed by atoms with Gasteiger partial charge in [-0.3, -0.25) is 9.78 Å². The molecule has 0 N–H and O–H groups in total. The van der Waals surface area contributed by atoms with Crippen molar-refractivity contribution in [3.8, 4) is 5.69 Å². The van der Waals surface area contributed by atoms with Crippen LogP contribution in [-0.2, 0) is 14.9 Å². The molecule has 0 radical (unpaired) electrons. The lowest BCUT2D eigenvalue weighted by atomic mass is 9.44. The Hall–Kier alpha value is -3.09. The number of esters is 1. The molecule has 2 aliphatic rings. The smallest absolute Gasteiger partial charge is 0.317 e. The molecule has 2 heterocycles. The van der Waals surface area contributed by atoms with Crippen molar-refractivity contribution in [2.75, 3.05) is 0 Å². The number of ether oxygens (including phenoxy) is 1. The van der Waals surface area contributed by atoms with Gasteiger partial charge in [-0.15, -0.1) is 5.10 Å². The lowest BCUT2D eigenvalue weighted by Crippen LogP contribution is -2.57. The first-order valence-electron chi connectivity index (χ1n) is 10.1. The fourth-order valence-corrected chi connectivity index (χ4v) is 4.90. The number of nitrogens with zero attached hydrogens (tertiary/aromatic N) is 5. The minimum Gasteiger partial charge on any atom is -0.454 e. The molecule has 1 unspecified atom stereocenters. The topological polar surface area (TPSA) is 82.8 Å². The Morgan fingerprint density at radius 2 is 1.93 bits per heavy atom. The lowest BCUT2D eigenvalue weighted by Gasteiger charge is -2.59. The zero-order valence-corrected chi connectivity index (χ0v) is 16.4. The fraction of sp³-hybridized carbons (Fsp3) is 0.409. The molecule has 0 saturated heterocycles. The van der Waals surface area contributed by atoms with Gasteiger partial charge in [0.1, 0.15) is 0 Å². The minimum absolute atomic E-state index is 0.210. The summed E-state index contributed by atoms with van der Waals surface area (Å²) in [5, 5.41) is 12.0. The van der Waals surface area contributed by atoms with E-state index < -0.39 is 11.5 Å². The van der Waals surface area contributed by atoms with Crippen LogP contribution in [0.15, 0.2) is 54.9 Å². The molecule has 2 saturated carbocycles. The average molecular weight is 389 g/mol. The van der Waals surface area contributed by atoms with Crippen molar-refractivity contribution < 1.29 is 9.53 Å². The Labute approximate surface area is 169 Å². The third-order valence-electron chi connectivity index (χ3n) is 6.51. The van der Waals surface area contributed by atoms with Gasteiger partial charge < -0.3 is 4.74 Å². The molecule has 5 rings (SSSR count). The van der Waals surface area contributed by atoms with Crippen LogP contribution in [0.1, 0.15) is 56.5 Å². The van der Waals surface area contributed by atoms with Crippen molar-refractivity contribution in [2.45, 2.75) is 50.5 Å². The first-order chi connectivity index (χ1) is 14.1. The van der Waals surface area contributed by atoms with Crippen molar-refractivity contribution in [2.24, 2.45) is 5.41 Å². The molecule has 148 valence electrons. The number of pyridine rings is 1. The lowest BCUT2D eigenvalue weighted by molar-refractivity contribution is -0.172. The second kappa shape index (κ2) is 6.76. The molecule has 7 nitrogen and oxygen atoms in total. The number of benzene rings is 1. The summed E-state index contributed by atoms with van der Waals surface area (Å²) in [5.74, 6) is 0.293. The second-order valence-corrected chi connectivity index (χ2v) is 8.36. The van der Waals surface area contributed by atoms with E-state index in [1.54, 1.807) is 17.1 Å². The van der Waals surface area contributed by atoms with E-state index in [4.69, 9.17) is 4.74 Å². The molecule has 0 aliphatic heterocycles. The van der Waals surface area contributed by atoms with Gasteiger partial charge in [-0.05, 0) is 72.2 Å². The molecule has 1 aromatic carbocycles. The number of carbonyl (C=O) groups is 1. The first kappa shape index (κ1) is 18.0. The summed E-state index contributed by atoms with van der Waals surface area (Å²) in [6.45, 7) is 1.82. The highest BCUT2D eigenvalue weighted by molar-refractivity contribution is 5.85. The maximum absolute atomic E-state index is 13.4. The largest absolute Gasteiger partial charge is 0.454 e. The number of hydrogen-bond acceptors (Lipinski definition) is 6. The summed E-state index contributed by atoms with van der Waals surface area (Å²) in [7, 11) is 0. The van der Waals surface area contributed by atoms with Crippen LogP contribution in [0.2, 0.25) is 0 Å². The molecule has 0 bridgehead atoms. The number of carbonyl (C=O) groups excluding carboxylic acids is 1. The van der Waals surface area contributed by atoms with Crippen molar-refractivity contribution in [1.82, 2.24) is 25.2 Å². The maximum Gasteiger partial charge on any atom is 0.317 e. The number of aromatic nitrogens is 5. The third kappa shape index (κ3) is 2.92. The number of rotatable bonds is 5. The van der Waals surface area contributed by atoms with Crippen LogP contribution in [0.25, 0.3) is 5.69 Å². The van der Waals surface area contributed by atoms with Gasteiger partial charge in [0.05, 0.1) is 11.1 Å². The van der Waals surface area contributed by atoms with Crippen LogP contribution in [0.3, 0.4) is 0 Å². The van der Waals surface area contributed by atoms with E-state index in [9.17, 15) is 4.79 Å². The van der Waals surface area contributed by atoms with Crippen molar-refractivity contribution in [1.29, 1.82) is 0 Å². The molecule has 1 atom stereocenters. The standard InChI is InChI=1S/C22H23N5O2/c1-16(19-24-25-26-27(19)18-8-3-2-4-9-18)29-20(28)22(17-7-5-12-23-13-17)14-21(15-22)10-6-11-21/h2-5,7-9,12-13,16H,6,10-11,14-15H2,1H3. The van der Waals surface area contributed by atoms with Crippen LogP contribution < -0.4 is 0 Å². The molecule has 2 aromatic heterocycles.